The number of likely N-dealkylation sites (tertiary alicyclic amines) is 1. The Kier molecular flexibility index (Phi) is 5.41. The van der Waals surface area contributed by atoms with Gasteiger partial charge in [-0.25, -0.2) is 18.0 Å². The average Bonchev–Trinajstić information content (AvgIpc) is 3.21. The fourth-order valence-electron chi connectivity index (χ4n) is 3.47. The van der Waals surface area contributed by atoms with Crippen molar-refractivity contribution in [2.45, 2.75) is 19.3 Å². The molecule has 1 unspecified atom stereocenters. The summed E-state index contributed by atoms with van der Waals surface area (Å²) in [4.78, 5) is 14.0. The number of hydrogen-bond acceptors (Lipinski definition) is 3. The van der Waals surface area contributed by atoms with Crippen molar-refractivity contribution in [3.63, 3.8) is 0 Å². The van der Waals surface area contributed by atoms with Gasteiger partial charge in [-0.2, -0.15) is 5.10 Å². The molecule has 1 aliphatic rings. The predicted molar refractivity (Wildman–Crippen MR) is 93.0 cm³/mol. The standard InChI is InChI=1S/C18H21F3N4O2/c1-24-15(16(20)21)14(9-22-24)23-17(27)25-7-6-18(10-25,11-26)8-12-2-4-13(19)5-3-12/h2-5,9,16,26H,6-8,10-11H2,1H3,(H,23,27). The van der Waals surface area contributed by atoms with Crippen LogP contribution in [0.25, 0.3) is 0 Å². The highest BCUT2D eigenvalue weighted by atomic mass is 19.3. The number of aliphatic hydroxyl groups is 1. The molecule has 6 nitrogen and oxygen atoms in total. The fraction of sp³-hybridized carbons (Fsp3) is 0.444. The van der Waals surface area contributed by atoms with E-state index in [4.69, 9.17) is 0 Å². The van der Waals surface area contributed by atoms with Crippen LogP contribution in [0.3, 0.4) is 0 Å². The molecule has 3 rings (SSSR count). The Balaban J connectivity index is 1.68. The summed E-state index contributed by atoms with van der Waals surface area (Å²) in [5, 5.41) is 16.1. The molecule has 2 aromatic rings. The molecule has 1 aromatic carbocycles. The van der Waals surface area contributed by atoms with Crippen molar-refractivity contribution in [2.75, 3.05) is 25.0 Å². The molecule has 2 heterocycles. The van der Waals surface area contributed by atoms with Crippen LogP contribution in [-0.4, -0.2) is 45.5 Å². The van der Waals surface area contributed by atoms with Crippen LogP contribution in [0.4, 0.5) is 23.7 Å². The van der Waals surface area contributed by atoms with Gasteiger partial charge in [0.2, 0.25) is 0 Å². The van der Waals surface area contributed by atoms with Gasteiger partial charge in [0, 0.05) is 25.6 Å². The molecule has 1 saturated heterocycles. The normalized spacial score (nSPS) is 19.7. The van der Waals surface area contributed by atoms with Gasteiger partial charge >= 0.3 is 6.03 Å². The van der Waals surface area contributed by atoms with Crippen LogP contribution in [0.2, 0.25) is 0 Å². The molecule has 0 aliphatic carbocycles. The Morgan fingerprint density at radius 1 is 1.37 bits per heavy atom. The molecule has 0 bridgehead atoms. The zero-order valence-corrected chi connectivity index (χ0v) is 14.8. The zero-order chi connectivity index (χ0) is 19.6. The first-order valence-corrected chi connectivity index (χ1v) is 8.55. The molecule has 146 valence electrons. The van der Waals surface area contributed by atoms with Gasteiger partial charge in [-0.15, -0.1) is 0 Å². The minimum absolute atomic E-state index is 0.0301. The second-order valence-corrected chi connectivity index (χ2v) is 6.93. The van der Waals surface area contributed by atoms with Crippen LogP contribution in [-0.2, 0) is 13.5 Å². The molecule has 1 fully saturated rings. The van der Waals surface area contributed by atoms with Crippen LogP contribution in [0.5, 0.6) is 0 Å². The van der Waals surface area contributed by atoms with Gasteiger partial charge in [0.1, 0.15) is 11.5 Å². The fourth-order valence-corrected chi connectivity index (χ4v) is 3.47. The number of amides is 2. The third-order valence-corrected chi connectivity index (χ3v) is 4.99. The maximum atomic E-state index is 13.1. The van der Waals surface area contributed by atoms with Crippen molar-refractivity contribution >= 4 is 11.7 Å². The number of benzene rings is 1. The highest BCUT2D eigenvalue weighted by Gasteiger charge is 2.40. The summed E-state index contributed by atoms with van der Waals surface area (Å²) >= 11 is 0. The summed E-state index contributed by atoms with van der Waals surface area (Å²) < 4.78 is 40.3. The first-order valence-electron chi connectivity index (χ1n) is 8.55. The Labute approximate surface area is 154 Å². The Morgan fingerprint density at radius 3 is 2.70 bits per heavy atom. The lowest BCUT2D eigenvalue weighted by atomic mass is 9.81. The highest BCUT2D eigenvalue weighted by Crippen LogP contribution is 2.34. The average molecular weight is 382 g/mol. The topological polar surface area (TPSA) is 70.4 Å². The van der Waals surface area contributed by atoms with Gasteiger partial charge in [0.15, 0.2) is 0 Å². The van der Waals surface area contributed by atoms with Crippen molar-refractivity contribution in [1.82, 2.24) is 14.7 Å². The van der Waals surface area contributed by atoms with Gasteiger partial charge in [-0.1, -0.05) is 12.1 Å². The molecule has 0 saturated carbocycles. The molecule has 0 radical (unpaired) electrons. The third-order valence-electron chi connectivity index (χ3n) is 4.99. The first kappa shape index (κ1) is 19.2. The zero-order valence-electron chi connectivity index (χ0n) is 14.8. The third kappa shape index (κ3) is 4.08. The maximum Gasteiger partial charge on any atom is 0.321 e. The van der Waals surface area contributed by atoms with Gasteiger partial charge in [-0.3, -0.25) is 4.68 Å². The number of aliphatic hydroxyl groups excluding tert-OH is 1. The number of nitrogens with one attached hydrogen (secondary N) is 1. The van der Waals surface area contributed by atoms with Crippen LogP contribution in [0, 0.1) is 11.2 Å². The van der Waals surface area contributed by atoms with Gasteiger partial charge in [0.05, 0.1) is 18.5 Å². The van der Waals surface area contributed by atoms with Crippen LogP contribution in [0.1, 0.15) is 24.1 Å². The molecule has 1 aromatic heterocycles. The lowest BCUT2D eigenvalue weighted by molar-refractivity contribution is 0.131. The number of carbonyl (C=O) groups excluding carboxylic acids is 1. The Hall–Kier alpha value is -2.55. The van der Waals surface area contributed by atoms with Gasteiger partial charge < -0.3 is 15.3 Å². The van der Waals surface area contributed by atoms with E-state index < -0.39 is 17.9 Å². The highest BCUT2D eigenvalue weighted by molar-refractivity contribution is 5.90. The predicted octanol–water partition coefficient (Wildman–Crippen LogP) is 2.96. The lowest BCUT2D eigenvalue weighted by Crippen LogP contribution is -2.37. The monoisotopic (exact) mass is 382 g/mol. The summed E-state index contributed by atoms with van der Waals surface area (Å²) in [7, 11) is 1.38. The SMILES string of the molecule is Cn1ncc(NC(=O)N2CCC(CO)(Cc3ccc(F)cc3)C2)c1C(F)F. The number of rotatable bonds is 5. The van der Waals surface area contributed by atoms with E-state index in [1.165, 1.54) is 30.3 Å². The van der Waals surface area contributed by atoms with Crippen molar-refractivity contribution in [3.05, 3.63) is 47.5 Å². The summed E-state index contributed by atoms with van der Waals surface area (Å²) in [5.41, 5.74) is -0.0740. The van der Waals surface area contributed by atoms with E-state index in [2.05, 4.69) is 10.4 Å². The van der Waals surface area contributed by atoms with Crippen molar-refractivity contribution in [3.8, 4) is 0 Å². The number of alkyl halides is 2. The van der Waals surface area contributed by atoms with Crippen molar-refractivity contribution in [1.29, 1.82) is 0 Å². The first-order chi connectivity index (χ1) is 12.8. The molecular formula is C18H21F3N4O2. The molecule has 0 spiro atoms. The van der Waals surface area contributed by atoms with E-state index in [0.29, 0.717) is 19.4 Å². The number of hydrogen-bond donors (Lipinski definition) is 2. The number of urea groups is 1. The number of aromatic nitrogens is 2. The van der Waals surface area contributed by atoms with Gasteiger partial charge in [0.25, 0.3) is 6.43 Å². The van der Waals surface area contributed by atoms with E-state index in [-0.39, 0.29) is 30.4 Å². The number of anilines is 1. The molecule has 9 heteroatoms. The van der Waals surface area contributed by atoms with Crippen LogP contribution >= 0.6 is 0 Å². The number of halogens is 3. The quantitative estimate of drug-likeness (QED) is 0.835. The van der Waals surface area contributed by atoms with Crippen LogP contribution < -0.4 is 5.32 Å². The van der Waals surface area contributed by atoms with E-state index in [0.717, 1.165) is 10.2 Å². The second kappa shape index (κ2) is 7.59. The molecule has 27 heavy (non-hydrogen) atoms. The van der Waals surface area contributed by atoms with Crippen LogP contribution in [0.15, 0.2) is 30.5 Å². The summed E-state index contributed by atoms with van der Waals surface area (Å²) in [6, 6.07) is 5.50. The Morgan fingerprint density at radius 2 is 2.07 bits per heavy atom. The second-order valence-electron chi connectivity index (χ2n) is 6.93. The summed E-state index contributed by atoms with van der Waals surface area (Å²) in [5.74, 6) is -0.337. The maximum absolute atomic E-state index is 13.1. The molecule has 2 N–H and O–H groups in total. The number of carbonyl (C=O) groups is 1. The molecular weight excluding hydrogens is 361 g/mol. The van der Waals surface area contributed by atoms with E-state index in [9.17, 15) is 23.1 Å². The van der Waals surface area contributed by atoms with E-state index in [1.807, 2.05) is 0 Å². The summed E-state index contributed by atoms with van der Waals surface area (Å²) in [6.45, 7) is 0.526. The molecule has 1 atom stereocenters. The smallest absolute Gasteiger partial charge is 0.321 e. The largest absolute Gasteiger partial charge is 0.396 e. The minimum Gasteiger partial charge on any atom is -0.396 e. The molecule has 1 aliphatic heterocycles. The van der Waals surface area contributed by atoms with E-state index >= 15 is 0 Å². The number of nitrogens with zero attached hydrogens (tertiary/aromatic N) is 3. The summed E-state index contributed by atoms with van der Waals surface area (Å²) in [6.07, 6.45) is -0.527. The Bertz CT molecular complexity index is 809. The minimum atomic E-state index is -2.76. The lowest BCUT2D eigenvalue weighted by Gasteiger charge is -2.27. The number of aryl methyl sites for hydroxylation is 1. The van der Waals surface area contributed by atoms with Crippen molar-refractivity contribution in [2.24, 2.45) is 12.5 Å². The van der Waals surface area contributed by atoms with E-state index in [1.54, 1.807) is 12.1 Å². The van der Waals surface area contributed by atoms with Crippen molar-refractivity contribution < 1.29 is 23.1 Å². The molecule has 2 amide bonds. The van der Waals surface area contributed by atoms with Gasteiger partial charge in [-0.05, 0) is 30.5 Å².